The number of piperazine rings is 1. The zero-order chi connectivity index (χ0) is 25.1. The third-order valence-electron chi connectivity index (χ3n) is 5.36. The highest BCUT2D eigenvalue weighted by Gasteiger charge is 2.28. The summed E-state index contributed by atoms with van der Waals surface area (Å²) in [4.78, 5) is 54.8. The van der Waals surface area contributed by atoms with Crippen LogP contribution in [0.15, 0.2) is 44.3 Å². The van der Waals surface area contributed by atoms with Gasteiger partial charge in [-0.05, 0) is 12.1 Å². The van der Waals surface area contributed by atoms with E-state index in [1.807, 2.05) is 6.07 Å². The molecular formula is C21H18N6O8. The van der Waals surface area contributed by atoms with Crippen molar-refractivity contribution in [3.05, 3.63) is 62.4 Å². The van der Waals surface area contributed by atoms with Crippen molar-refractivity contribution in [3.63, 3.8) is 0 Å². The minimum Gasteiger partial charge on any atom is -0.465 e. The predicted molar refractivity (Wildman–Crippen MR) is 116 cm³/mol. The summed E-state index contributed by atoms with van der Waals surface area (Å²) in [5.41, 5.74) is -2.00. The second-order valence-corrected chi connectivity index (χ2v) is 7.43. The molecule has 1 aliphatic heterocycles. The Labute approximate surface area is 196 Å². The third-order valence-corrected chi connectivity index (χ3v) is 5.36. The quantitative estimate of drug-likeness (QED) is 0.278. The molecule has 0 atom stereocenters. The van der Waals surface area contributed by atoms with Crippen molar-refractivity contribution in [2.24, 2.45) is 0 Å². The molecule has 14 heteroatoms. The van der Waals surface area contributed by atoms with Crippen LogP contribution in [0.1, 0.15) is 16.1 Å². The van der Waals surface area contributed by atoms with E-state index in [-0.39, 0.29) is 36.1 Å². The van der Waals surface area contributed by atoms with Gasteiger partial charge in [0, 0.05) is 38.4 Å². The van der Waals surface area contributed by atoms with E-state index < -0.39 is 34.6 Å². The van der Waals surface area contributed by atoms with E-state index in [0.29, 0.717) is 18.8 Å². The fraction of sp³-hybridized carbons (Fsp3) is 0.286. The van der Waals surface area contributed by atoms with Crippen molar-refractivity contribution in [1.29, 1.82) is 5.26 Å². The van der Waals surface area contributed by atoms with Gasteiger partial charge >= 0.3 is 17.2 Å². The molecule has 0 bridgehead atoms. The van der Waals surface area contributed by atoms with Crippen molar-refractivity contribution in [2.75, 3.05) is 38.2 Å². The number of furan rings is 1. The molecule has 1 fully saturated rings. The van der Waals surface area contributed by atoms with E-state index in [4.69, 9.17) is 8.83 Å². The van der Waals surface area contributed by atoms with Gasteiger partial charge in [0.2, 0.25) is 17.5 Å². The molecule has 0 N–H and O–H groups in total. The molecule has 3 aromatic heterocycles. The first-order valence-corrected chi connectivity index (χ1v) is 10.3. The smallest absolute Gasteiger partial charge is 0.339 e. The number of methoxy groups -OCH3 is 1. The SMILES string of the molecule is COC(=O)c1cc([N+](=O)[O-])c(=O)n(CC(=O)N2CCN(c3oc(-c4ccco4)nc3C#N)CC2)c1. The van der Waals surface area contributed by atoms with Crippen molar-refractivity contribution in [1.82, 2.24) is 14.5 Å². The van der Waals surface area contributed by atoms with E-state index >= 15 is 0 Å². The Balaban J connectivity index is 1.48. The highest BCUT2D eigenvalue weighted by Crippen LogP contribution is 2.29. The minimum absolute atomic E-state index is 0.0784. The van der Waals surface area contributed by atoms with Crippen LogP contribution in [-0.4, -0.2) is 64.5 Å². The van der Waals surface area contributed by atoms with E-state index in [1.54, 1.807) is 17.0 Å². The number of hydrogen-bond acceptors (Lipinski definition) is 11. The molecule has 35 heavy (non-hydrogen) atoms. The normalized spacial score (nSPS) is 13.4. The van der Waals surface area contributed by atoms with E-state index in [9.17, 15) is 29.8 Å². The summed E-state index contributed by atoms with van der Waals surface area (Å²) < 4.78 is 16.4. The number of hydrogen-bond donors (Lipinski definition) is 0. The number of rotatable bonds is 6. The topological polar surface area (TPSA) is 178 Å². The van der Waals surface area contributed by atoms with Crippen LogP contribution in [0.25, 0.3) is 11.7 Å². The zero-order valence-electron chi connectivity index (χ0n) is 18.4. The largest absolute Gasteiger partial charge is 0.465 e. The molecule has 4 rings (SSSR count). The van der Waals surface area contributed by atoms with E-state index in [0.717, 1.165) is 23.9 Å². The summed E-state index contributed by atoms with van der Waals surface area (Å²) >= 11 is 0. The molecule has 0 radical (unpaired) electrons. The highest BCUT2D eigenvalue weighted by molar-refractivity contribution is 5.89. The number of anilines is 1. The van der Waals surface area contributed by atoms with Crippen LogP contribution in [0.3, 0.4) is 0 Å². The first kappa shape index (κ1) is 23.2. The summed E-state index contributed by atoms with van der Waals surface area (Å²) in [6.07, 6.45) is 2.51. The standard InChI is InChI=1S/C21H18N6O8/c1-33-21(30)13-9-15(27(31)32)19(29)26(11-13)12-17(28)24-4-6-25(7-5-24)20-14(10-22)23-18(35-20)16-3-2-8-34-16/h2-3,8-9,11H,4-7,12H2,1H3. The van der Waals surface area contributed by atoms with Crippen molar-refractivity contribution < 1.29 is 28.1 Å². The van der Waals surface area contributed by atoms with Crippen LogP contribution in [0, 0.1) is 21.4 Å². The van der Waals surface area contributed by atoms with Crippen LogP contribution < -0.4 is 10.5 Å². The fourth-order valence-electron chi connectivity index (χ4n) is 3.61. The van der Waals surface area contributed by atoms with Crippen LogP contribution >= 0.6 is 0 Å². The first-order valence-electron chi connectivity index (χ1n) is 10.3. The number of carbonyl (C=O) groups excluding carboxylic acids is 2. The molecule has 180 valence electrons. The van der Waals surface area contributed by atoms with Crippen molar-refractivity contribution in [2.45, 2.75) is 6.54 Å². The Morgan fingerprint density at radius 1 is 1.31 bits per heavy atom. The Bertz CT molecular complexity index is 1380. The molecule has 4 heterocycles. The van der Waals surface area contributed by atoms with Crippen molar-refractivity contribution >= 4 is 23.4 Å². The number of oxazole rings is 1. The lowest BCUT2D eigenvalue weighted by atomic mass is 10.2. The zero-order valence-corrected chi connectivity index (χ0v) is 18.4. The lowest BCUT2D eigenvalue weighted by Crippen LogP contribution is -2.50. The number of amides is 1. The molecule has 3 aromatic rings. The van der Waals surface area contributed by atoms with E-state index in [2.05, 4.69) is 9.72 Å². The summed E-state index contributed by atoms with van der Waals surface area (Å²) in [5.74, 6) is -0.569. The van der Waals surface area contributed by atoms with Gasteiger partial charge in [0.25, 0.3) is 5.89 Å². The van der Waals surface area contributed by atoms with Gasteiger partial charge < -0.3 is 23.4 Å². The maximum atomic E-state index is 12.8. The van der Waals surface area contributed by atoms with E-state index in [1.165, 1.54) is 11.2 Å². The lowest BCUT2D eigenvalue weighted by Gasteiger charge is -2.34. The van der Waals surface area contributed by atoms with Gasteiger partial charge in [-0.15, -0.1) is 0 Å². The Morgan fingerprint density at radius 2 is 2.06 bits per heavy atom. The van der Waals surface area contributed by atoms with Gasteiger partial charge in [-0.3, -0.25) is 24.3 Å². The molecule has 0 aliphatic carbocycles. The maximum absolute atomic E-state index is 12.8. The summed E-state index contributed by atoms with van der Waals surface area (Å²) in [5, 5.41) is 20.6. The summed E-state index contributed by atoms with van der Waals surface area (Å²) in [6.45, 7) is 0.579. The number of ether oxygens (including phenoxy) is 1. The monoisotopic (exact) mass is 482 g/mol. The molecule has 1 amide bonds. The van der Waals surface area contributed by atoms with Gasteiger partial charge in [-0.1, -0.05) is 0 Å². The molecule has 14 nitrogen and oxygen atoms in total. The summed E-state index contributed by atoms with van der Waals surface area (Å²) in [7, 11) is 1.10. The molecule has 1 aliphatic rings. The van der Waals surface area contributed by atoms with Crippen LogP contribution in [0.4, 0.5) is 11.6 Å². The number of nitrogens with zero attached hydrogens (tertiary/aromatic N) is 6. The van der Waals surface area contributed by atoms with Gasteiger partial charge in [0.05, 0.1) is 23.9 Å². The van der Waals surface area contributed by atoms with Crippen molar-refractivity contribution in [3.8, 4) is 17.7 Å². The van der Waals surface area contributed by atoms with Gasteiger partial charge in [0.1, 0.15) is 12.6 Å². The third kappa shape index (κ3) is 4.60. The fourth-order valence-corrected chi connectivity index (χ4v) is 3.61. The first-order chi connectivity index (χ1) is 16.8. The second-order valence-electron chi connectivity index (χ2n) is 7.43. The molecule has 0 spiro atoms. The van der Waals surface area contributed by atoms with Gasteiger partial charge in [-0.25, -0.2) is 4.79 Å². The molecule has 0 aromatic carbocycles. The molecule has 0 saturated carbocycles. The molecular weight excluding hydrogens is 464 g/mol. The minimum atomic E-state index is -1.01. The number of pyridine rings is 1. The highest BCUT2D eigenvalue weighted by atomic mass is 16.6. The Kier molecular flexibility index (Phi) is 6.32. The summed E-state index contributed by atoms with van der Waals surface area (Å²) in [6, 6.07) is 6.11. The Hall–Kier alpha value is -4.93. The number of esters is 1. The average molecular weight is 482 g/mol. The number of aromatic nitrogens is 2. The van der Waals surface area contributed by atoms with Crippen LogP contribution in [0.2, 0.25) is 0 Å². The predicted octanol–water partition coefficient (Wildman–Crippen LogP) is 1.01. The number of nitro groups is 1. The molecule has 0 unspecified atom stereocenters. The van der Waals surface area contributed by atoms with Gasteiger partial charge in [0.15, 0.2) is 5.76 Å². The maximum Gasteiger partial charge on any atom is 0.339 e. The molecule has 1 saturated heterocycles. The number of nitriles is 1. The van der Waals surface area contributed by atoms with Crippen LogP contribution in [0.5, 0.6) is 0 Å². The Morgan fingerprint density at radius 3 is 2.66 bits per heavy atom. The number of carbonyl (C=O) groups is 2. The average Bonchev–Trinajstić information content (AvgIpc) is 3.54. The lowest BCUT2D eigenvalue weighted by molar-refractivity contribution is -0.386. The van der Waals surface area contributed by atoms with Gasteiger partial charge in [-0.2, -0.15) is 10.2 Å². The second kappa shape index (κ2) is 9.51. The van der Waals surface area contributed by atoms with Crippen LogP contribution in [-0.2, 0) is 16.1 Å².